The van der Waals surface area contributed by atoms with Crippen LogP contribution >= 0.6 is 0 Å². The minimum Gasteiger partial charge on any atom is -0.481 e. The number of rotatable bonds is 5. The maximum atomic E-state index is 10.3. The summed E-state index contributed by atoms with van der Waals surface area (Å²) in [6.45, 7) is 7.73. The first-order valence-electron chi connectivity index (χ1n) is 4.27. The minimum atomic E-state index is -0.811. The number of hydrogen-bond donors (Lipinski definition) is 1. The minimum absolute atomic E-state index is 0.0728. The lowest BCUT2D eigenvalue weighted by Gasteiger charge is -2.27. The third kappa shape index (κ3) is 5.13. The van der Waals surface area contributed by atoms with Crippen LogP contribution in [-0.2, 0) is 9.53 Å². The molecule has 0 fully saturated rings. The standard InChI is InChI=1S/C9H18O3/c1-5-9(3,4)12-7(2)6-8(10)11/h7H,5-6H2,1-4H3,(H,10,11). The van der Waals surface area contributed by atoms with Crippen molar-refractivity contribution in [2.45, 2.75) is 52.2 Å². The van der Waals surface area contributed by atoms with Gasteiger partial charge in [0.25, 0.3) is 0 Å². The van der Waals surface area contributed by atoms with Gasteiger partial charge in [-0.1, -0.05) is 6.92 Å². The lowest BCUT2D eigenvalue weighted by atomic mass is 10.1. The van der Waals surface area contributed by atoms with E-state index >= 15 is 0 Å². The van der Waals surface area contributed by atoms with Gasteiger partial charge in [-0.15, -0.1) is 0 Å². The van der Waals surface area contributed by atoms with Crippen molar-refractivity contribution in [2.75, 3.05) is 0 Å². The van der Waals surface area contributed by atoms with Gasteiger partial charge in [0.1, 0.15) is 0 Å². The van der Waals surface area contributed by atoms with E-state index < -0.39 is 5.97 Å². The summed E-state index contributed by atoms with van der Waals surface area (Å²) >= 11 is 0. The molecule has 0 aromatic rings. The highest BCUT2D eigenvalue weighted by molar-refractivity contribution is 5.67. The van der Waals surface area contributed by atoms with E-state index in [0.717, 1.165) is 6.42 Å². The Balaban J connectivity index is 3.83. The zero-order valence-electron chi connectivity index (χ0n) is 8.26. The largest absolute Gasteiger partial charge is 0.481 e. The smallest absolute Gasteiger partial charge is 0.305 e. The fourth-order valence-electron chi connectivity index (χ4n) is 0.916. The van der Waals surface area contributed by atoms with E-state index in [2.05, 4.69) is 0 Å². The third-order valence-corrected chi connectivity index (χ3v) is 1.83. The van der Waals surface area contributed by atoms with Crippen molar-refractivity contribution >= 4 is 5.97 Å². The second kappa shape index (κ2) is 4.45. The Morgan fingerprint density at radius 1 is 1.58 bits per heavy atom. The number of carbonyl (C=O) groups is 1. The summed E-state index contributed by atoms with van der Waals surface area (Å²) in [5.74, 6) is -0.811. The zero-order valence-corrected chi connectivity index (χ0v) is 8.26. The molecule has 0 aliphatic carbocycles. The molecule has 0 aliphatic rings. The molecule has 0 saturated carbocycles. The Hall–Kier alpha value is -0.570. The molecule has 0 radical (unpaired) electrons. The molecule has 1 atom stereocenters. The molecule has 0 aromatic carbocycles. The molecule has 0 aromatic heterocycles. The van der Waals surface area contributed by atoms with Gasteiger partial charge in [-0.2, -0.15) is 0 Å². The predicted octanol–water partition coefficient (Wildman–Crippen LogP) is 2.05. The molecule has 0 saturated heterocycles. The number of hydrogen-bond acceptors (Lipinski definition) is 2. The van der Waals surface area contributed by atoms with E-state index in [1.807, 2.05) is 20.8 Å². The van der Waals surface area contributed by atoms with Crippen LogP contribution in [0.2, 0.25) is 0 Å². The van der Waals surface area contributed by atoms with Crippen LogP contribution in [0.1, 0.15) is 40.5 Å². The van der Waals surface area contributed by atoms with Gasteiger partial charge in [-0.25, -0.2) is 0 Å². The zero-order chi connectivity index (χ0) is 9.78. The molecule has 0 aliphatic heterocycles. The van der Waals surface area contributed by atoms with Gasteiger partial charge in [-0.05, 0) is 27.2 Å². The molecule has 0 bridgehead atoms. The highest BCUT2D eigenvalue weighted by Gasteiger charge is 2.20. The van der Waals surface area contributed by atoms with Crippen LogP contribution in [0.25, 0.3) is 0 Å². The first-order chi connectivity index (χ1) is 5.37. The molecule has 0 amide bonds. The van der Waals surface area contributed by atoms with Gasteiger partial charge in [0.05, 0.1) is 18.1 Å². The molecule has 0 spiro atoms. The van der Waals surface area contributed by atoms with Crippen LogP contribution in [0.5, 0.6) is 0 Å². The van der Waals surface area contributed by atoms with Crippen LogP contribution in [0.4, 0.5) is 0 Å². The van der Waals surface area contributed by atoms with Crippen molar-refractivity contribution in [1.82, 2.24) is 0 Å². The highest BCUT2D eigenvalue weighted by Crippen LogP contribution is 2.17. The normalized spacial score (nSPS) is 14.3. The SMILES string of the molecule is CCC(C)(C)OC(C)CC(=O)O. The summed E-state index contributed by atoms with van der Waals surface area (Å²) in [6.07, 6.45) is 0.748. The van der Waals surface area contributed by atoms with Crippen molar-refractivity contribution in [3.8, 4) is 0 Å². The van der Waals surface area contributed by atoms with E-state index in [-0.39, 0.29) is 18.1 Å². The van der Waals surface area contributed by atoms with Crippen molar-refractivity contribution < 1.29 is 14.6 Å². The second-order valence-corrected chi connectivity index (χ2v) is 3.64. The molecule has 72 valence electrons. The van der Waals surface area contributed by atoms with Gasteiger partial charge < -0.3 is 9.84 Å². The summed E-state index contributed by atoms with van der Waals surface area (Å²) in [6, 6.07) is 0. The Kier molecular flexibility index (Phi) is 4.24. The van der Waals surface area contributed by atoms with Crippen LogP contribution in [0, 0.1) is 0 Å². The molecule has 0 heterocycles. The van der Waals surface area contributed by atoms with E-state index in [1.165, 1.54) is 0 Å². The topological polar surface area (TPSA) is 46.5 Å². The lowest BCUT2D eigenvalue weighted by molar-refractivity contribution is -0.143. The second-order valence-electron chi connectivity index (χ2n) is 3.64. The fraction of sp³-hybridized carbons (Fsp3) is 0.889. The number of ether oxygens (including phenoxy) is 1. The Morgan fingerprint density at radius 2 is 2.08 bits per heavy atom. The third-order valence-electron chi connectivity index (χ3n) is 1.83. The average Bonchev–Trinajstić information content (AvgIpc) is 1.84. The van der Waals surface area contributed by atoms with E-state index in [0.29, 0.717) is 0 Å². The molecular weight excluding hydrogens is 156 g/mol. The van der Waals surface area contributed by atoms with Gasteiger partial charge in [0, 0.05) is 0 Å². The van der Waals surface area contributed by atoms with Crippen LogP contribution in [0.3, 0.4) is 0 Å². The van der Waals surface area contributed by atoms with Gasteiger partial charge in [0.2, 0.25) is 0 Å². The summed E-state index contributed by atoms with van der Waals surface area (Å²) in [7, 11) is 0. The Morgan fingerprint density at radius 3 is 2.42 bits per heavy atom. The maximum absolute atomic E-state index is 10.3. The predicted molar refractivity (Wildman–Crippen MR) is 47.2 cm³/mol. The van der Waals surface area contributed by atoms with Crippen LogP contribution in [-0.4, -0.2) is 22.8 Å². The van der Waals surface area contributed by atoms with Gasteiger partial charge >= 0.3 is 5.97 Å². The molecule has 3 nitrogen and oxygen atoms in total. The van der Waals surface area contributed by atoms with Crippen molar-refractivity contribution in [1.29, 1.82) is 0 Å². The fourth-order valence-corrected chi connectivity index (χ4v) is 0.916. The van der Waals surface area contributed by atoms with Crippen molar-refractivity contribution in [2.24, 2.45) is 0 Å². The Bertz CT molecular complexity index is 152. The first-order valence-corrected chi connectivity index (χ1v) is 4.27. The monoisotopic (exact) mass is 174 g/mol. The van der Waals surface area contributed by atoms with Crippen molar-refractivity contribution in [3.63, 3.8) is 0 Å². The molecule has 0 rings (SSSR count). The van der Waals surface area contributed by atoms with Gasteiger partial charge in [0.15, 0.2) is 0 Å². The summed E-state index contributed by atoms with van der Waals surface area (Å²) in [5, 5.41) is 8.47. The number of carboxylic acid groups (broad SMARTS) is 1. The number of aliphatic carboxylic acids is 1. The van der Waals surface area contributed by atoms with Crippen LogP contribution in [0.15, 0.2) is 0 Å². The summed E-state index contributed by atoms with van der Waals surface area (Å²) in [4.78, 5) is 10.3. The molecule has 1 unspecified atom stereocenters. The quantitative estimate of drug-likeness (QED) is 0.694. The number of carboxylic acids is 1. The van der Waals surface area contributed by atoms with Crippen LogP contribution < -0.4 is 0 Å². The van der Waals surface area contributed by atoms with E-state index in [1.54, 1.807) is 6.92 Å². The van der Waals surface area contributed by atoms with Gasteiger partial charge in [-0.3, -0.25) is 4.79 Å². The first kappa shape index (κ1) is 11.4. The average molecular weight is 174 g/mol. The molecule has 1 N–H and O–H groups in total. The lowest BCUT2D eigenvalue weighted by Crippen LogP contribution is -2.29. The molecule has 3 heteroatoms. The molecular formula is C9H18O3. The maximum Gasteiger partial charge on any atom is 0.305 e. The van der Waals surface area contributed by atoms with E-state index in [4.69, 9.17) is 9.84 Å². The summed E-state index contributed by atoms with van der Waals surface area (Å²) < 4.78 is 5.52. The van der Waals surface area contributed by atoms with E-state index in [9.17, 15) is 4.79 Å². The summed E-state index contributed by atoms with van der Waals surface area (Å²) in [5.41, 5.74) is -0.213. The van der Waals surface area contributed by atoms with Crippen molar-refractivity contribution in [3.05, 3.63) is 0 Å². The Labute approximate surface area is 73.7 Å². The molecule has 12 heavy (non-hydrogen) atoms. The highest BCUT2D eigenvalue weighted by atomic mass is 16.5.